The molecule has 2 aliphatic rings. The molecular formula is C18H21NO2. The molecule has 110 valence electrons. The fraction of sp³-hybridized carbons (Fsp3) is 0.444. The van der Waals surface area contributed by atoms with Gasteiger partial charge in [-0.1, -0.05) is 39.0 Å². The molecular weight excluding hydrogens is 262 g/mol. The predicted octanol–water partition coefficient (Wildman–Crippen LogP) is 3.33. The maximum absolute atomic E-state index is 12.6. The molecule has 3 rings (SSSR count). The first-order chi connectivity index (χ1) is 9.88. The molecule has 0 spiro atoms. The van der Waals surface area contributed by atoms with Crippen LogP contribution in [-0.2, 0) is 4.79 Å². The maximum Gasteiger partial charge on any atom is 0.255 e. The maximum atomic E-state index is 12.6. The van der Waals surface area contributed by atoms with Crippen LogP contribution in [0.25, 0.3) is 0 Å². The van der Waals surface area contributed by atoms with Crippen molar-refractivity contribution in [2.24, 2.45) is 16.7 Å². The Balaban J connectivity index is 1.83. The van der Waals surface area contributed by atoms with Crippen LogP contribution in [0.4, 0.5) is 0 Å². The summed E-state index contributed by atoms with van der Waals surface area (Å²) in [6.07, 6.45) is 3.63. The van der Waals surface area contributed by atoms with E-state index in [1.165, 1.54) is 0 Å². The monoisotopic (exact) mass is 283 g/mol. The highest BCUT2D eigenvalue weighted by atomic mass is 16.1. The first-order valence-corrected chi connectivity index (χ1v) is 7.49. The van der Waals surface area contributed by atoms with Crippen LogP contribution in [0.1, 0.15) is 44.0 Å². The van der Waals surface area contributed by atoms with Gasteiger partial charge in [0.25, 0.3) is 5.91 Å². The minimum Gasteiger partial charge on any atom is -0.328 e. The number of fused-ring (bicyclic) bond motifs is 2. The molecule has 3 heteroatoms. The quantitative estimate of drug-likeness (QED) is 0.846. The Morgan fingerprint density at radius 2 is 1.90 bits per heavy atom. The van der Waals surface area contributed by atoms with Crippen LogP contribution in [0, 0.1) is 16.7 Å². The Hall–Kier alpha value is -1.90. The minimum absolute atomic E-state index is 0.0204. The number of hydrogen-bond acceptors (Lipinski definition) is 2. The van der Waals surface area contributed by atoms with Crippen molar-refractivity contribution in [2.75, 3.05) is 0 Å². The van der Waals surface area contributed by atoms with E-state index in [0.29, 0.717) is 5.56 Å². The third kappa shape index (κ3) is 1.87. The van der Waals surface area contributed by atoms with E-state index in [2.05, 4.69) is 26.1 Å². The molecule has 2 bridgehead atoms. The van der Waals surface area contributed by atoms with Crippen molar-refractivity contribution in [1.29, 1.82) is 0 Å². The summed E-state index contributed by atoms with van der Waals surface area (Å²) in [6.45, 7) is 6.40. The predicted molar refractivity (Wildman–Crippen MR) is 81.6 cm³/mol. The molecule has 2 saturated carbocycles. The number of nitrogens with one attached hydrogen (secondary N) is 1. The number of ketones is 1. The first-order valence-electron chi connectivity index (χ1n) is 7.49. The van der Waals surface area contributed by atoms with Gasteiger partial charge in [0.1, 0.15) is 0 Å². The Morgan fingerprint density at radius 1 is 1.24 bits per heavy atom. The second-order valence-corrected chi connectivity index (χ2v) is 6.91. The molecule has 0 heterocycles. The summed E-state index contributed by atoms with van der Waals surface area (Å²) >= 11 is 0. The lowest BCUT2D eigenvalue weighted by Crippen LogP contribution is -2.32. The van der Waals surface area contributed by atoms with Crippen LogP contribution in [0.3, 0.4) is 0 Å². The van der Waals surface area contributed by atoms with Crippen LogP contribution in [-0.4, -0.2) is 11.7 Å². The second kappa shape index (κ2) is 4.55. The Morgan fingerprint density at radius 3 is 2.48 bits per heavy atom. The molecule has 21 heavy (non-hydrogen) atoms. The smallest absolute Gasteiger partial charge is 0.255 e. The minimum atomic E-state index is -0.277. The van der Waals surface area contributed by atoms with Crippen molar-refractivity contribution in [3.8, 4) is 0 Å². The lowest BCUT2D eigenvalue weighted by molar-refractivity contribution is -0.125. The van der Waals surface area contributed by atoms with E-state index in [1.807, 2.05) is 18.2 Å². The van der Waals surface area contributed by atoms with Crippen molar-refractivity contribution in [3.63, 3.8) is 0 Å². The summed E-state index contributed by atoms with van der Waals surface area (Å²) in [4.78, 5) is 24.7. The van der Waals surface area contributed by atoms with Gasteiger partial charge >= 0.3 is 0 Å². The van der Waals surface area contributed by atoms with Crippen LogP contribution in [0.5, 0.6) is 0 Å². The molecule has 0 saturated heterocycles. The number of rotatable bonds is 2. The summed E-state index contributed by atoms with van der Waals surface area (Å²) in [5.74, 6) is 0.296. The average molecular weight is 283 g/mol. The zero-order chi connectivity index (χ0) is 15.3. The van der Waals surface area contributed by atoms with Gasteiger partial charge in [-0.15, -0.1) is 0 Å². The SMILES string of the molecule is CC12CCC(/C(=C/NC(=O)c3ccccc3)C1=O)C2(C)C. The molecule has 1 aromatic carbocycles. The van der Waals surface area contributed by atoms with Crippen molar-refractivity contribution in [3.05, 3.63) is 47.7 Å². The highest BCUT2D eigenvalue weighted by Gasteiger charge is 2.63. The van der Waals surface area contributed by atoms with Gasteiger partial charge in [0.15, 0.2) is 5.78 Å². The number of Topliss-reactive ketones (excluding diaryl/α,β-unsaturated/α-hetero) is 1. The van der Waals surface area contributed by atoms with Gasteiger partial charge in [-0.3, -0.25) is 9.59 Å². The zero-order valence-electron chi connectivity index (χ0n) is 12.8. The highest BCUT2D eigenvalue weighted by Crippen LogP contribution is 2.65. The number of carbonyl (C=O) groups excluding carboxylic acids is 2. The molecule has 2 aliphatic carbocycles. The number of amides is 1. The number of carbonyl (C=O) groups is 2. The molecule has 0 aromatic heterocycles. The van der Waals surface area contributed by atoms with E-state index in [9.17, 15) is 9.59 Å². The van der Waals surface area contributed by atoms with E-state index in [0.717, 1.165) is 18.4 Å². The van der Waals surface area contributed by atoms with Crippen LogP contribution >= 0.6 is 0 Å². The van der Waals surface area contributed by atoms with Gasteiger partial charge in [-0.25, -0.2) is 0 Å². The summed E-state index contributed by atoms with van der Waals surface area (Å²) < 4.78 is 0. The van der Waals surface area contributed by atoms with E-state index in [1.54, 1.807) is 18.3 Å². The number of benzene rings is 1. The molecule has 2 unspecified atom stereocenters. The van der Waals surface area contributed by atoms with E-state index < -0.39 is 0 Å². The molecule has 3 nitrogen and oxygen atoms in total. The molecule has 2 atom stereocenters. The van der Waals surface area contributed by atoms with Gasteiger partial charge in [0, 0.05) is 22.8 Å². The lowest BCUT2D eigenvalue weighted by Gasteiger charge is -2.31. The van der Waals surface area contributed by atoms with E-state index in [4.69, 9.17) is 0 Å². The molecule has 0 radical (unpaired) electrons. The average Bonchev–Trinajstić information content (AvgIpc) is 2.78. The molecule has 1 aromatic rings. The third-order valence-electron chi connectivity index (χ3n) is 5.76. The third-order valence-corrected chi connectivity index (χ3v) is 5.76. The zero-order valence-corrected chi connectivity index (χ0v) is 12.8. The van der Waals surface area contributed by atoms with E-state index >= 15 is 0 Å². The number of hydrogen-bond donors (Lipinski definition) is 1. The highest BCUT2D eigenvalue weighted by molar-refractivity contribution is 6.05. The van der Waals surface area contributed by atoms with Gasteiger partial charge in [-0.2, -0.15) is 0 Å². The van der Waals surface area contributed by atoms with Gasteiger partial charge in [0.05, 0.1) is 0 Å². The fourth-order valence-corrected chi connectivity index (χ4v) is 3.91. The number of allylic oxidation sites excluding steroid dienone is 1. The van der Waals surface area contributed by atoms with Crippen molar-refractivity contribution < 1.29 is 9.59 Å². The van der Waals surface area contributed by atoms with Gasteiger partial charge in [0.2, 0.25) is 0 Å². The van der Waals surface area contributed by atoms with Crippen LogP contribution in [0.15, 0.2) is 42.1 Å². The van der Waals surface area contributed by atoms with Crippen LogP contribution in [0.2, 0.25) is 0 Å². The van der Waals surface area contributed by atoms with Crippen molar-refractivity contribution in [2.45, 2.75) is 33.6 Å². The first kappa shape index (κ1) is 14.1. The molecule has 1 amide bonds. The van der Waals surface area contributed by atoms with Gasteiger partial charge < -0.3 is 5.32 Å². The molecule has 2 fully saturated rings. The van der Waals surface area contributed by atoms with Crippen molar-refractivity contribution >= 4 is 11.7 Å². The summed E-state index contributed by atoms with van der Waals surface area (Å²) in [5, 5.41) is 2.79. The summed E-state index contributed by atoms with van der Waals surface area (Å²) in [7, 11) is 0. The Bertz CT molecular complexity index is 630. The van der Waals surface area contributed by atoms with Crippen LogP contribution < -0.4 is 5.32 Å². The fourth-order valence-electron chi connectivity index (χ4n) is 3.91. The van der Waals surface area contributed by atoms with Crippen molar-refractivity contribution in [1.82, 2.24) is 5.32 Å². The molecule has 0 aliphatic heterocycles. The summed E-state index contributed by atoms with van der Waals surface area (Å²) in [6, 6.07) is 9.06. The topological polar surface area (TPSA) is 46.2 Å². The van der Waals surface area contributed by atoms with Gasteiger partial charge in [-0.05, 0) is 36.3 Å². The largest absolute Gasteiger partial charge is 0.328 e. The standard InChI is InChI=1S/C18H21NO2/c1-17(2)14-9-10-18(17,3)15(20)13(14)11-19-16(21)12-7-5-4-6-8-12/h4-8,11,14H,9-10H2,1-3H3,(H,19,21)/b13-11-. The second-order valence-electron chi connectivity index (χ2n) is 6.91. The normalized spacial score (nSPS) is 31.7. The summed E-state index contributed by atoms with van der Waals surface area (Å²) in [5.41, 5.74) is 1.10. The molecule has 1 N–H and O–H groups in total. The lowest BCUT2D eigenvalue weighted by atomic mass is 9.70. The Kier molecular flexibility index (Phi) is 3.05. The van der Waals surface area contributed by atoms with E-state index in [-0.39, 0.29) is 28.4 Å². The Labute approximate surface area is 125 Å².